The first-order valence-corrected chi connectivity index (χ1v) is 11.4. The van der Waals surface area contributed by atoms with Crippen molar-refractivity contribution < 1.29 is 4.79 Å². The summed E-state index contributed by atoms with van der Waals surface area (Å²) in [6.45, 7) is 8.91. The topological polar surface area (TPSA) is 66.6 Å². The van der Waals surface area contributed by atoms with Crippen molar-refractivity contribution in [2.45, 2.75) is 58.9 Å². The molecule has 2 saturated heterocycles. The second-order valence-electron chi connectivity index (χ2n) is 8.99. The largest absolute Gasteiger partial charge is 0.356 e. The summed E-state index contributed by atoms with van der Waals surface area (Å²) in [4.78, 5) is 27.2. The van der Waals surface area contributed by atoms with Crippen molar-refractivity contribution in [3.05, 3.63) is 52.6 Å². The van der Waals surface area contributed by atoms with E-state index in [1.54, 1.807) is 0 Å². The minimum absolute atomic E-state index is 0.00421. The van der Waals surface area contributed by atoms with Crippen molar-refractivity contribution in [3.8, 4) is 0 Å². The molecule has 7 heteroatoms. The van der Waals surface area contributed by atoms with Gasteiger partial charge in [0.05, 0.1) is 11.7 Å². The molecule has 0 aliphatic carbocycles. The molecule has 0 radical (unpaired) electrons. The molecule has 1 amide bonds. The van der Waals surface area contributed by atoms with Crippen LogP contribution in [0.25, 0.3) is 5.65 Å². The number of fused-ring (bicyclic) bond motifs is 1. The number of carbonyl (C=O) groups is 1. The maximum Gasteiger partial charge on any atom is 0.273 e. The number of hydrogen-bond acceptors (Lipinski definition) is 5. The highest BCUT2D eigenvalue weighted by Crippen LogP contribution is 2.32. The second-order valence-corrected chi connectivity index (χ2v) is 8.99. The van der Waals surface area contributed by atoms with Crippen LogP contribution in [0.5, 0.6) is 0 Å². The van der Waals surface area contributed by atoms with Crippen LogP contribution in [-0.4, -0.2) is 50.0 Å². The Kier molecular flexibility index (Phi) is 5.12. The Bertz CT molecular complexity index is 1110. The predicted molar refractivity (Wildman–Crippen MR) is 121 cm³/mol. The number of piperidine rings is 1. The van der Waals surface area contributed by atoms with Crippen LogP contribution in [0.1, 0.15) is 71.1 Å². The molecule has 0 bridgehead atoms. The van der Waals surface area contributed by atoms with E-state index in [1.807, 2.05) is 35.4 Å². The Labute approximate surface area is 183 Å². The third-order valence-electron chi connectivity index (χ3n) is 6.45. The standard InChI is InChI=1S/C24H30N6O/c1-16-12-18(3)25-20(13-16)24(31)29-11-5-4-8-21(29)19-14-22-26-23(28-9-6-7-10-28)17(2)15-30(22)27-19/h12-15,21H,4-11H2,1-3H3. The van der Waals surface area contributed by atoms with Gasteiger partial charge in [0.25, 0.3) is 5.91 Å². The molecule has 2 aliphatic rings. The van der Waals surface area contributed by atoms with Gasteiger partial charge >= 0.3 is 0 Å². The van der Waals surface area contributed by atoms with Crippen molar-refractivity contribution >= 4 is 17.4 Å². The molecule has 5 rings (SSSR count). The number of pyridine rings is 1. The summed E-state index contributed by atoms with van der Waals surface area (Å²) in [5.74, 6) is 1.06. The van der Waals surface area contributed by atoms with Crippen molar-refractivity contribution in [1.29, 1.82) is 0 Å². The number of rotatable bonds is 3. The van der Waals surface area contributed by atoms with E-state index in [1.165, 1.54) is 12.8 Å². The van der Waals surface area contributed by atoms with Gasteiger partial charge in [-0.05, 0) is 70.6 Å². The number of likely N-dealkylation sites (tertiary alicyclic amines) is 1. The average molecular weight is 419 g/mol. The van der Waals surface area contributed by atoms with E-state index in [0.717, 1.165) is 72.9 Å². The normalized spacial score (nSPS) is 19.4. The molecule has 0 aromatic carbocycles. The SMILES string of the molecule is Cc1cc(C)nc(C(=O)N2CCCCC2c2cc3nc(N4CCCC4)c(C)cn3n2)c1. The van der Waals surface area contributed by atoms with Crippen molar-refractivity contribution in [3.63, 3.8) is 0 Å². The van der Waals surface area contributed by atoms with Gasteiger partial charge in [0.15, 0.2) is 5.65 Å². The van der Waals surface area contributed by atoms with Crippen LogP contribution in [0.15, 0.2) is 24.4 Å². The van der Waals surface area contributed by atoms with E-state index < -0.39 is 0 Å². The molecule has 2 aliphatic heterocycles. The summed E-state index contributed by atoms with van der Waals surface area (Å²) >= 11 is 0. The molecule has 1 atom stereocenters. The smallest absolute Gasteiger partial charge is 0.273 e. The minimum atomic E-state index is -0.0406. The first-order chi connectivity index (χ1) is 15.0. The molecule has 162 valence electrons. The number of hydrogen-bond donors (Lipinski definition) is 0. The van der Waals surface area contributed by atoms with Gasteiger partial charge in [-0.2, -0.15) is 5.10 Å². The van der Waals surface area contributed by atoms with Crippen molar-refractivity contribution in [2.24, 2.45) is 0 Å². The predicted octanol–water partition coefficient (Wildman–Crippen LogP) is 4.02. The highest BCUT2D eigenvalue weighted by atomic mass is 16.2. The number of aromatic nitrogens is 4. The molecule has 0 saturated carbocycles. The van der Waals surface area contributed by atoms with Gasteiger partial charge in [0, 0.05) is 43.2 Å². The van der Waals surface area contributed by atoms with Crippen LogP contribution in [0.2, 0.25) is 0 Å². The lowest BCUT2D eigenvalue weighted by atomic mass is 9.98. The first-order valence-electron chi connectivity index (χ1n) is 11.4. The molecule has 0 N–H and O–H groups in total. The maximum absolute atomic E-state index is 13.4. The monoisotopic (exact) mass is 418 g/mol. The van der Waals surface area contributed by atoms with E-state index in [0.29, 0.717) is 5.69 Å². The molecular formula is C24H30N6O. The summed E-state index contributed by atoms with van der Waals surface area (Å²) in [7, 11) is 0. The minimum Gasteiger partial charge on any atom is -0.356 e. The van der Waals surface area contributed by atoms with Gasteiger partial charge < -0.3 is 9.80 Å². The van der Waals surface area contributed by atoms with Gasteiger partial charge in [-0.3, -0.25) is 4.79 Å². The van der Waals surface area contributed by atoms with E-state index in [2.05, 4.69) is 29.1 Å². The Balaban J connectivity index is 1.48. The fourth-order valence-corrected chi connectivity index (χ4v) is 5.01. The second kappa shape index (κ2) is 7.94. The number of carbonyl (C=O) groups excluding carboxylic acids is 1. The number of anilines is 1. The molecule has 1 unspecified atom stereocenters. The summed E-state index contributed by atoms with van der Waals surface area (Å²) in [6, 6.07) is 5.90. The summed E-state index contributed by atoms with van der Waals surface area (Å²) in [6.07, 6.45) is 7.54. The molecule has 3 aromatic heterocycles. The fraction of sp³-hybridized carbons (Fsp3) is 0.500. The molecule has 2 fully saturated rings. The van der Waals surface area contributed by atoms with E-state index in [4.69, 9.17) is 10.1 Å². The molecule has 7 nitrogen and oxygen atoms in total. The van der Waals surface area contributed by atoms with Crippen LogP contribution in [0.3, 0.4) is 0 Å². The summed E-state index contributed by atoms with van der Waals surface area (Å²) in [5.41, 5.74) is 5.37. The Morgan fingerprint density at radius 1 is 0.968 bits per heavy atom. The van der Waals surface area contributed by atoms with Crippen LogP contribution in [0.4, 0.5) is 5.82 Å². The van der Waals surface area contributed by atoms with Crippen LogP contribution in [-0.2, 0) is 0 Å². The van der Waals surface area contributed by atoms with Crippen LogP contribution < -0.4 is 4.90 Å². The van der Waals surface area contributed by atoms with Crippen molar-refractivity contribution in [2.75, 3.05) is 24.5 Å². The highest BCUT2D eigenvalue weighted by molar-refractivity contribution is 5.93. The van der Waals surface area contributed by atoms with Crippen LogP contribution in [0, 0.1) is 20.8 Å². The van der Waals surface area contributed by atoms with Gasteiger partial charge in [0.1, 0.15) is 11.5 Å². The Morgan fingerprint density at radius 3 is 2.52 bits per heavy atom. The van der Waals surface area contributed by atoms with Crippen molar-refractivity contribution in [1.82, 2.24) is 24.5 Å². The number of amides is 1. The highest BCUT2D eigenvalue weighted by Gasteiger charge is 2.31. The number of nitrogens with zero attached hydrogens (tertiary/aromatic N) is 6. The Hall–Kier alpha value is -2.96. The summed E-state index contributed by atoms with van der Waals surface area (Å²) in [5, 5.41) is 4.85. The van der Waals surface area contributed by atoms with E-state index in [9.17, 15) is 4.79 Å². The average Bonchev–Trinajstić information content (AvgIpc) is 3.41. The lowest BCUT2D eigenvalue weighted by Gasteiger charge is -2.34. The fourth-order valence-electron chi connectivity index (χ4n) is 5.01. The molecular weight excluding hydrogens is 388 g/mol. The third-order valence-corrected chi connectivity index (χ3v) is 6.45. The molecule has 31 heavy (non-hydrogen) atoms. The Morgan fingerprint density at radius 2 is 1.74 bits per heavy atom. The van der Waals surface area contributed by atoms with Crippen LogP contribution >= 0.6 is 0 Å². The third kappa shape index (κ3) is 3.77. The van der Waals surface area contributed by atoms with Gasteiger partial charge in [-0.1, -0.05) is 0 Å². The van der Waals surface area contributed by atoms with Gasteiger partial charge in [-0.15, -0.1) is 0 Å². The lowest BCUT2D eigenvalue weighted by molar-refractivity contribution is 0.0599. The quantitative estimate of drug-likeness (QED) is 0.643. The first kappa shape index (κ1) is 20.0. The number of aryl methyl sites for hydroxylation is 3. The molecule has 5 heterocycles. The zero-order valence-electron chi connectivity index (χ0n) is 18.6. The maximum atomic E-state index is 13.4. The van der Waals surface area contributed by atoms with E-state index >= 15 is 0 Å². The van der Waals surface area contributed by atoms with Gasteiger partial charge in [-0.25, -0.2) is 14.5 Å². The molecule has 3 aromatic rings. The summed E-state index contributed by atoms with van der Waals surface area (Å²) < 4.78 is 1.87. The van der Waals surface area contributed by atoms with E-state index in [-0.39, 0.29) is 11.9 Å². The molecule has 0 spiro atoms. The lowest BCUT2D eigenvalue weighted by Crippen LogP contribution is -2.39. The van der Waals surface area contributed by atoms with Gasteiger partial charge in [0.2, 0.25) is 0 Å². The zero-order valence-corrected chi connectivity index (χ0v) is 18.6. The zero-order chi connectivity index (χ0) is 21.5.